The summed E-state index contributed by atoms with van der Waals surface area (Å²) in [6, 6.07) is 5.73. The molecule has 35 heavy (non-hydrogen) atoms. The van der Waals surface area contributed by atoms with Gasteiger partial charge in [0.2, 0.25) is 5.91 Å². The number of hydrogen-bond donors (Lipinski definition) is 4. The van der Waals surface area contributed by atoms with E-state index < -0.39 is 34.8 Å². The van der Waals surface area contributed by atoms with Crippen molar-refractivity contribution < 1.29 is 27.0 Å². The molecule has 1 heterocycles. The van der Waals surface area contributed by atoms with Gasteiger partial charge in [0, 0.05) is 5.38 Å². The van der Waals surface area contributed by atoms with E-state index in [9.17, 15) is 18.0 Å². The summed E-state index contributed by atoms with van der Waals surface area (Å²) in [6.45, 7) is 11.0. The van der Waals surface area contributed by atoms with Crippen LogP contribution in [0.4, 0.5) is 10.5 Å². The summed E-state index contributed by atoms with van der Waals surface area (Å²) in [5.74, 6) is -0.515. The van der Waals surface area contributed by atoms with Crippen LogP contribution >= 0.6 is 11.3 Å². The van der Waals surface area contributed by atoms with Gasteiger partial charge in [0.05, 0.1) is 17.4 Å². The molecule has 0 aliphatic heterocycles. The van der Waals surface area contributed by atoms with Crippen LogP contribution in [0.1, 0.15) is 63.8 Å². The van der Waals surface area contributed by atoms with Crippen LogP contribution < -0.4 is 16.1 Å². The molecule has 1 aromatic heterocycles. The van der Waals surface area contributed by atoms with Crippen molar-refractivity contribution in [2.45, 2.75) is 72.1 Å². The Hall–Kier alpha value is -2.70. The van der Waals surface area contributed by atoms with Gasteiger partial charge in [-0.25, -0.2) is 23.7 Å². The first-order chi connectivity index (χ1) is 16.4. The Labute approximate surface area is 211 Å². The zero-order valence-electron chi connectivity index (χ0n) is 20.8. The highest BCUT2D eigenvalue weighted by Gasteiger charge is 2.29. The summed E-state index contributed by atoms with van der Waals surface area (Å²) >= 11 is 1.46. The van der Waals surface area contributed by atoms with Crippen LogP contribution in [-0.2, 0) is 37.6 Å². The summed E-state index contributed by atoms with van der Waals surface area (Å²) in [7, 11) is -3.02. The molecule has 10 nitrogen and oxygen atoms in total. The second-order valence-electron chi connectivity index (χ2n) is 9.28. The third-order valence-corrected chi connectivity index (χ3v) is 6.05. The Balaban J connectivity index is 2.20. The third-order valence-electron chi connectivity index (χ3n) is 4.80. The van der Waals surface area contributed by atoms with Crippen LogP contribution in [0, 0.1) is 5.92 Å². The van der Waals surface area contributed by atoms with E-state index >= 15 is 0 Å². The Morgan fingerprint density at radius 1 is 1.11 bits per heavy atom. The molecule has 0 saturated heterocycles. The highest BCUT2D eigenvalue weighted by atomic mass is 32.2. The fraction of sp³-hybridized carbons (Fsp3) is 0.522. The van der Waals surface area contributed by atoms with Gasteiger partial charge in [-0.15, -0.1) is 11.3 Å². The number of thiol groups is 1. The fourth-order valence-electron chi connectivity index (χ4n) is 3.11. The van der Waals surface area contributed by atoms with Crippen molar-refractivity contribution in [3.63, 3.8) is 0 Å². The fourth-order valence-corrected chi connectivity index (χ4v) is 4.24. The number of nitrogens with zero attached hydrogens (tertiary/aromatic N) is 1. The van der Waals surface area contributed by atoms with Gasteiger partial charge in [-0.2, -0.15) is 4.28 Å². The summed E-state index contributed by atoms with van der Waals surface area (Å²) in [5.41, 5.74) is 3.94. The average Bonchev–Trinajstić information content (AvgIpc) is 3.24. The monoisotopic (exact) mass is 526 g/mol. The smallest absolute Gasteiger partial charge is 0.408 e. The maximum absolute atomic E-state index is 13.3. The molecule has 0 aliphatic rings. The zero-order chi connectivity index (χ0) is 26.2. The molecule has 0 aliphatic carbocycles. The standard InChI is InChI=1S/C23H34N4O6S2/c1-7-16-13-34-21(24-16)18(12-15-8-10-17(11-9-15)27-33-35(30)31)25-20(28)19(14(2)3)26-22(29)32-23(4,5)6/h8-11,13-14,18-19,27,35H,7,12H2,1-6H3,(H,25,28)(H,26,29)/t18-,19-/m0/s1. The molecule has 2 rings (SSSR count). The average molecular weight is 527 g/mol. The molecular formula is C23H34N4O6S2. The minimum Gasteiger partial charge on any atom is -0.444 e. The van der Waals surface area contributed by atoms with Crippen LogP contribution in [-0.4, -0.2) is 37.0 Å². The number of ether oxygens (including phenoxy) is 1. The summed E-state index contributed by atoms with van der Waals surface area (Å²) < 4.78 is 30.9. The lowest BCUT2D eigenvalue weighted by Crippen LogP contribution is -2.51. The molecule has 0 unspecified atom stereocenters. The molecule has 1 aromatic carbocycles. The molecular weight excluding hydrogens is 492 g/mol. The van der Waals surface area contributed by atoms with Crippen LogP contribution in [0.15, 0.2) is 29.6 Å². The lowest BCUT2D eigenvalue weighted by atomic mass is 10.0. The predicted octanol–water partition coefficient (Wildman–Crippen LogP) is 3.52. The number of anilines is 1. The van der Waals surface area contributed by atoms with E-state index in [4.69, 9.17) is 4.74 Å². The lowest BCUT2D eigenvalue weighted by molar-refractivity contribution is -0.125. The van der Waals surface area contributed by atoms with E-state index in [0.717, 1.165) is 22.7 Å². The highest BCUT2D eigenvalue weighted by molar-refractivity contribution is 7.67. The lowest BCUT2D eigenvalue weighted by Gasteiger charge is -2.27. The Morgan fingerprint density at radius 3 is 2.29 bits per heavy atom. The molecule has 2 aromatic rings. The van der Waals surface area contributed by atoms with Crippen LogP contribution in [0.5, 0.6) is 0 Å². The summed E-state index contributed by atoms with van der Waals surface area (Å²) in [4.78, 5) is 30.2. The predicted molar refractivity (Wildman–Crippen MR) is 136 cm³/mol. The van der Waals surface area contributed by atoms with Crippen molar-refractivity contribution in [2.24, 2.45) is 5.92 Å². The van der Waals surface area contributed by atoms with Crippen molar-refractivity contribution in [3.05, 3.63) is 45.9 Å². The minimum atomic E-state index is -3.02. The Morgan fingerprint density at radius 2 is 1.77 bits per heavy atom. The number of hydrogen-bond acceptors (Lipinski definition) is 9. The zero-order valence-corrected chi connectivity index (χ0v) is 22.5. The van der Waals surface area contributed by atoms with Gasteiger partial charge >= 0.3 is 6.09 Å². The van der Waals surface area contributed by atoms with Crippen molar-refractivity contribution in [1.29, 1.82) is 0 Å². The van der Waals surface area contributed by atoms with Gasteiger partial charge < -0.3 is 15.4 Å². The summed E-state index contributed by atoms with van der Waals surface area (Å²) in [6.07, 6.45) is 0.556. The van der Waals surface area contributed by atoms with Crippen molar-refractivity contribution >= 4 is 40.0 Å². The Kier molecular flexibility index (Phi) is 10.5. The first-order valence-electron chi connectivity index (χ1n) is 11.3. The molecule has 0 spiro atoms. The molecule has 3 N–H and O–H groups in total. The first-order valence-corrected chi connectivity index (χ1v) is 13.3. The number of thiazole rings is 1. The molecule has 2 amide bonds. The second-order valence-corrected chi connectivity index (χ2v) is 10.8. The first kappa shape index (κ1) is 28.5. The van der Waals surface area contributed by atoms with Gasteiger partial charge in [0.1, 0.15) is 16.7 Å². The number of amides is 2. The van der Waals surface area contributed by atoms with Gasteiger partial charge in [0.15, 0.2) is 0 Å². The maximum atomic E-state index is 13.3. The molecule has 0 fully saturated rings. The van der Waals surface area contributed by atoms with Crippen molar-refractivity contribution in [3.8, 4) is 0 Å². The second kappa shape index (κ2) is 12.8. The topological polar surface area (TPSA) is 136 Å². The SMILES string of the molecule is CCc1csc([C@H](Cc2ccc(NO[SH](=O)=O)cc2)NC(=O)[C@@H](NC(=O)OC(C)(C)C)C(C)C)n1. The maximum Gasteiger partial charge on any atom is 0.408 e. The van der Waals surface area contributed by atoms with Crippen LogP contribution in [0.2, 0.25) is 0 Å². The number of aryl methyl sites for hydroxylation is 1. The number of benzene rings is 1. The largest absolute Gasteiger partial charge is 0.444 e. The third kappa shape index (κ3) is 9.82. The van der Waals surface area contributed by atoms with E-state index in [1.165, 1.54) is 11.3 Å². The number of rotatable bonds is 11. The molecule has 194 valence electrons. The molecule has 0 radical (unpaired) electrons. The van der Waals surface area contributed by atoms with Crippen LogP contribution in [0.3, 0.4) is 0 Å². The molecule has 12 heteroatoms. The van der Waals surface area contributed by atoms with E-state index in [0.29, 0.717) is 12.1 Å². The van der Waals surface area contributed by atoms with E-state index in [2.05, 4.69) is 25.4 Å². The summed E-state index contributed by atoms with van der Waals surface area (Å²) in [5, 5.41) is 8.43. The number of carbonyl (C=O) groups excluding carboxylic acids is 2. The quantitative estimate of drug-likeness (QED) is 0.258. The Bertz CT molecular complexity index is 1050. The van der Waals surface area contributed by atoms with Crippen LogP contribution in [0.25, 0.3) is 0 Å². The normalized spacial score (nSPS) is 13.4. The minimum absolute atomic E-state index is 0.177. The van der Waals surface area contributed by atoms with Gasteiger partial charge in [0.25, 0.3) is 11.0 Å². The van der Waals surface area contributed by atoms with Gasteiger partial charge in [-0.05, 0) is 57.2 Å². The van der Waals surface area contributed by atoms with E-state index in [-0.39, 0.29) is 11.8 Å². The van der Waals surface area contributed by atoms with E-state index in [1.807, 2.05) is 26.2 Å². The van der Waals surface area contributed by atoms with Gasteiger partial charge in [-0.1, -0.05) is 32.9 Å². The van der Waals surface area contributed by atoms with Gasteiger partial charge in [-0.3, -0.25) is 4.79 Å². The highest BCUT2D eigenvalue weighted by Crippen LogP contribution is 2.24. The molecule has 0 saturated carbocycles. The number of nitrogens with one attached hydrogen (secondary N) is 3. The van der Waals surface area contributed by atoms with Crippen molar-refractivity contribution in [2.75, 3.05) is 5.48 Å². The number of alkyl carbamates (subject to hydrolysis) is 1. The van der Waals surface area contributed by atoms with Crippen molar-refractivity contribution in [1.82, 2.24) is 15.6 Å². The van der Waals surface area contributed by atoms with E-state index in [1.54, 1.807) is 45.0 Å². The molecule has 2 atom stereocenters. The molecule has 0 bridgehead atoms. The number of carbonyl (C=O) groups is 2. The number of aromatic nitrogens is 1.